The standard InChI is InChI=1S/C14H21NO2/c1-3-4-5-6-11-15-14(16)17-13-9-7-12(2)8-10-13/h7-10H,3-6,11H2,1-2H3,(H,15,16). The topological polar surface area (TPSA) is 38.3 Å². The summed E-state index contributed by atoms with van der Waals surface area (Å²) < 4.78 is 5.13. The van der Waals surface area contributed by atoms with E-state index in [2.05, 4.69) is 12.2 Å². The second-order valence-corrected chi connectivity index (χ2v) is 4.19. The van der Waals surface area contributed by atoms with E-state index in [0.29, 0.717) is 12.3 Å². The van der Waals surface area contributed by atoms with Crippen LogP contribution in [0, 0.1) is 6.92 Å². The van der Waals surface area contributed by atoms with Crippen LogP contribution in [-0.4, -0.2) is 12.6 Å². The van der Waals surface area contributed by atoms with Crippen LogP contribution >= 0.6 is 0 Å². The van der Waals surface area contributed by atoms with E-state index in [0.717, 1.165) is 18.4 Å². The van der Waals surface area contributed by atoms with Crippen LogP contribution < -0.4 is 10.1 Å². The molecule has 0 spiro atoms. The van der Waals surface area contributed by atoms with E-state index in [1.807, 2.05) is 19.1 Å². The van der Waals surface area contributed by atoms with Gasteiger partial charge in [-0.05, 0) is 25.5 Å². The summed E-state index contributed by atoms with van der Waals surface area (Å²) in [6.07, 6.45) is 4.21. The Morgan fingerprint density at radius 3 is 2.53 bits per heavy atom. The largest absolute Gasteiger partial charge is 0.412 e. The van der Waals surface area contributed by atoms with E-state index in [-0.39, 0.29) is 6.09 Å². The smallest absolute Gasteiger partial charge is 0.410 e. The second kappa shape index (κ2) is 7.71. The van der Waals surface area contributed by atoms with Gasteiger partial charge in [0.05, 0.1) is 0 Å². The second-order valence-electron chi connectivity index (χ2n) is 4.19. The summed E-state index contributed by atoms with van der Waals surface area (Å²) in [5.41, 5.74) is 1.15. The lowest BCUT2D eigenvalue weighted by Crippen LogP contribution is -2.27. The van der Waals surface area contributed by atoms with E-state index < -0.39 is 0 Å². The van der Waals surface area contributed by atoms with E-state index in [1.165, 1.54) is 12.8 Å². The fourth-order valence-electron chi connectivity index (χ4n) is 1.49. The maximum atomic E-state index is 11.4. The predicted octanol–water partition coefficient (Wildman–Crippen LogP) is 3.66. The first-order chi connectivity index (χ1) is 8.22. The van der Waals surface area contributed by atoms with Crippen molar-refractivity contribution in [2.24, 2.45) is 0 Å². The van der Waals surface area contributed by atoms with Gasteiger partial charge in [0.1, 0.15) is 5.75 Å². The maximum absolute atomic E-state index is 11.4. The first-order valence-electron chi connectivity index (χ1n) is 6.24. The first kappa shape index (κ1) is 13.6. The van der Waals surface area contributed by atoms with E-state index in [1.54, 1.807) is 12.1 Å². The number of unbranched alkanes of at least 4 members (excludes halogenated alkanes) is 3. The normalized spacial score (nSPS) is 10.0. The molecule has 0 saturated heterocycles. The molecule has 0 radical (unpaired) electrons. The van der Waals surface area contributed by atoms with Crippen molar-refractivity contribution in [3.63, 3.8) is 0 Å². The van der Waals surface area contributed by atoms with Crippen molar-refractivity contribution in [3.05, 3.63) is 29.8 Å². The molecule has 1 rings (SSSR count). The molecule has 17 heavy (non-hydrogen) atoms. The molecule has 0 saturated carbocycles. The number of carbonyl (C=O) groups excluding carboxylic acids is 1. The van der Waals surface area contributed by atoms with Crippen LogP contribution in [0.25, 0.3) is 0 Å². The Labute approximate surface area is 103 Å². The minimum atomic E-state index is -0.370. The van der Waals surface area contributed by atoms with Gasteiger partial charge in [0.25, 0.3) is 0 Å². The van der Waals surface area contributed by atoms with Gasteiger partial charge in [-0.1, -0.05) is 43.9 Å². The number of nitrogens with one attached hydrogen (secondary N) is 1. The first-order valence-corrected chi connectivity index (χ1v) is 6.24. The molecule has 1 N–H and O–H groups in total. The molecule has 94 valence electrons. The Balaban J connectivity index is 2.18. The third-order valence-corrected chi connectivity index (χ3v) is 2.53. The molecule has 0 unspecified atom stereocenters. The van der Waals surface area contributed by atoms with Crippen molar-refractivity contribution in [1.29, 1.82) is 0 Å². The number of carbonyl (C=O) groups is 1. The van der Waals surface area contributed by atoms with E-state index in [9.17, 15) is 4.79 Å². The SMILES string of the molecule is CCCCCCNC(=O)Oc1ccc(C)cc1. The Bertz CT molecular complexity index is 333. The highest BCUT2D eigenvalue weighted by molar-refractivity contribution is 5.70. The van der Waals surface area contributed by atoms with Crippen LogP contribution in [-0.2, 0) is 0 Å². The lowest BCUT2D eigenvalue weighted by Gasteiger charge is -2.06. The van der Waals surface area contributed by atoms with Crippen LogP contribution in [0.2, 0.25) is 0 Å². The van der Waals surface area contributed by atoms with Gasteiger partial charge >= 0.3 is 6.09 Å². The molecule has 0 aliphatic carbocycles. The monoisotopic (exact) mass is 235 g/mol. The van der Waals surface area contributed by atoms with Crippen molar-refractivity contribution in [2.45, 2.75) is 39.5 Å². The molecule has 0 aliphatic rings. The van der Waals surface area contributed by atoms with Gasteiger partial charge in [-0.15, -0.1) is 0 Å². The zero-order valence-corrected chi connectivity index (χ0v) is 10.7. The number of benzene rings is 1. The number of ether oxygens (including phenoxy) is 1. The number of aryl methyl sites for hydroxylation is 1. The minimum Gasteiger partial charge on any atom is -0.410 e. The lowest BCUT2D eigenvalue weighted by molar-refractivity contribution is 0.200. The fraction of sp³-hybridized carbons (Fsp3) is 0.500. The molecule has 0 fully saturated rings. The van der Waals surface area contributed by atoms with Gasteiger partial charge in [0, 0.05) is 6.54 Å². The zero-order valence-electron chi connectivity index (χ0n) is 10.7. The highest BCUT2D eigenvalue weighted by Crippen LogP contribution is 2.11. The average Bonchev–Trinajstić information content (AvgIpc) is 2.32. The Morgan fingerprint density at radius 2 is 1.88 bits per heavy atom. The number of hydrogen-bond acceptors (Lipinski definition) is 2. The van der Waals surface area contributed by atoms with Gasteiger partial charge in [0.2, 0.25) is 0 Å². The van der Waals surface area contributed by atoms with Gasteiger partial charge < -0.3 is 10.1 Å². The van der Waals surface area contributed by atoms with E-state index in [4.69, 9.17) is 4.74 Å². The molecule has 1 amide bonds. The Hall–Kier alpha value is -1.51. The molecular formula is C14H21NO2. The van der Waals surface area contributed by atoms with Gasteiger partial charge in [-0.2, -0.15) is 0 Å². The molecule has 0 heterocycles. The molecular weight excluding hydrogens is 214 g/mol. The van der Waals surface area contributed by atoms with Crippen LogP contribution in [0.15, 0.2) is 24.3 Å². The van der Waals surface area contributed by atoms with E-state index >= 15 is 0 Å². The minimum absolute atomic E-state index is 0.370. The molecule has 0 bridgehead atoms. The summed E-state index contributed by atoms with van der Waals surface area (Å²) in [5.74, 6) is 0.585. The summed E-state index contributed by atoms with van der Waals surface area (Å²) in [6, 6.07) is 7.44. The summed E-state index contributed by atoms with van der Waals surface area (Å²) in [5, 5.41) is 2.74. The summed E-state index contributed by atoms with van der Waals surface area (Å²) in [7, 11) is 0. The molecule has 1 aromatic carbocycles. The quantitative estimate of drug-likeness (QED) is 0.764. The van der Waals surface area contributed by atoms with Crippen molar-refractivity contribution >= 4 is 6.09 Å². The van der Waals surface area contributed by atoms with Gasteiger partial charge in [-0.25, -0.2) is 4.79 Å². The van der Waals surface area contributed by atoms with Crippen molar-refractivity contribution < 1.29 is 9.53 Å². The van der Waals surface area contributed by atoms with Gasteiger partial charge in [0.15, 0.2) is 0 Å². The molecule has 0 aromatic heterocycles. The molecule has 1 aromatic rings. The number of amides is 1. The Morgan fingerprint density at radius 1 is 1.18 bits per heavy atom. The molecule has 3 heteroatoms. The lowest BCUT2D eigenvalue weighted by atomic mass is 10.2. The third kappa shape index (κ3) is 5.95. The number of rotatable bonds is 6. The highest BCUT2D eigenvalue weighted by atomic mass is 16.5. The van der Waals surface area contributed by atoms with Crippen molar-refractivity contribution in [2.75, 3.05) is 6.54 Å². The zero-order chi connectivity index (χ0) is 12.5. The molecule has 3 nitrogen and oxygen atoms in total. The summed E-state index contributed by atoms with van der Waals surface area (Å²) >= 11 is 0. The summed E-state index contributed by atoms with van der Waals surface area (Å²) in [4.78, 5) is 11.4. The number of hydrogen-bond donors (Lipinski definition) is 1. The van der Waals surface area contributed by atoms with Crippen LogP contribution in [0.4, 0.5) is 4.79 Å². The fourth-order valence-corrected chi connectivity index (χ4v) is 1.49. The van der Waals surface area contributed by atoms with Crippen molar-refractivity contribution in [1.82, 2.24) is 5.32 Å². The third-order valence-electron chi connectivity index (χ3n) is 2.53. The molecule has 0 atom stereocenters. The van der Waals surface area contributed by atoms with Crippen LogP contribution in [0.1, 0.15) is 38.2 Å². The van der Waals surface area contributed by atoms with Crippen molar-refractivity contribution in [3.8, 4) is 5.75 Å². The van der Waals surface area contributed by atoms with Crippen LogP contribution in [0.3, 0.4) is 0 Å². The summed E-state index contributed by atoms with van der Waals surface area (Å²) in [6.45, 7) is 4.85. The Kier molecular flexibility index (Phi) is 6.15. The van der Waals surface area contributed by atoms with Gasteiger partial charge in [-0.3, -0.25) is 0 Å². The maximum Gasteiger partial charge on any atom is 0.412 e. The van der Waals surface area contributed by atoms with Crippen LogP contribution in [0.5, 0.6) is 5.75 Å². The predicted molar refractivity (Wildman–Crippen MR) is 69.3 cm³/mol. The highest BCUT2D eigenvalue weighted by Gasteiger charge is 2.02. The molecule has 0 aliphatic heterocycles. The average molecular weight is 235 g/mol.